The number of amides is 1. The van der Waals surface area contributed by atoms with Gasteiger partial charge in [0.15, 0.2) is 0 Å². The first-order valence-electron chi connectivity index (χ1n) is 6.13. The van der Waals surface area contributed by atoms with Crippen molar-refractivity contribution in [3.05, 3.63) is 29.6 Å². The molecule has 1 aromatic heterocycles. The summed E-state index contributed by atoms with van der Waals surface area (Å²) in [6.45, 7) is 7.71. The summed E-state index contributed by atoms with van der Waals surface area (Å²) < 4.78 is 5.11. The quantitative estimate of drug-likeness (QED) is 0.878. The molecule has 0 aromatic carbocycles. The maximum Gasteiger partial charge on any atom is 0.407 e. The van der Waals surface area contributed by atoms with Crippen LogP contribution >= 0.6 is 0 Å². The number of carbonyl (C=O) groups is 1. The fraction of sp³-hybridized carbons (Fsp3) is 0.429. The van der Waals surface area contributed by atoms with Gasteiger partial charge in [0, 0.05) is 12.7 Å². The molecule has 104 valence electrons. The number of nitrogens with zero attached hydrogens (tertiary/aromatic N) is 1. The van der Waals surface area contributed by atoms with E-state index in [9.17, 15) is 4.79 Å². The number of aryl methyl sites for hydroxylation is 1. The molecule has 0 spiro atoms. The molecule has 3 N–H and O–H groups in total. The van der Waals surface area contributed by atoms with Gasteiger partial charge in [-0.25, -0.2) is 4.79 Å². The molecule has 0 saturated carbocycles. The summed E-state index contributed by atoms with van der Waals surface area (Å²) in [4.78, 5) is 15.5. The van der Waals surface area contributed by atoms with Crippen molar-refractivity contribution in [1.29, 1.82) is 0 Å². The van der Waals surface area contributed by atoms with Gasteiger partial charge in [-0.05, 0) is 39.3 Å². The molecule has 0 unspecified atom stereocenters. The Balaban J connectivity index is 2.42. The first-order chi connectivity index (χ1) is 8.78. The van der Waals surface area contributed by atoms with Crippen molar-refractivity contribution in [2.24, 2.45) is 0 Å². The second-order valence-corrected chi connectivity index (χ2v) is 5.23. The van der Waals surface area contributed by atoms with Crippen LogP contribution in [0, 0.1) is 6.92 Å². The number of rotatable bonds is 3. The Morgan fingerprint density at radius 2 is 2.21 bits per heavy atom. The minimum atomic E-state index is -0.483. The highest BCUT2D eigenvalue weighted by Gasteiger charge is 2.14. The monoisotopic (exact) mass is 263 g/mol. The third-order valence-electron chi connectivity index (χ3n) is 2.22. The summed E-state index contributed by atoms with van der Waals surface area (Å²) in [5, 5.41) is 2.64. The van der Waals surface area contributed by atoms with Crippen molar-refractivity contribution in [2.75, 3.05) is 12.3 Å². The molecule has 0 aliphatic rings. The summed E-state index contributed by atoms with van der Waals surface area (Å²) in [6, 6.07) is 1.84. The van der Waals surface area contributed by atoms with E-state index in [1.807, 2.05) is 45.9 Å². The zero-order chi connectivity index (χ0) is 14.5. The second-order valence-electron chi connectivity index (χ2n) is 5.23. The van der Waals surface area contributed by atoms with Gasteiger partial charge < -0.3 is 15.8 Å². The summed E-state index contributed by atoms with van der Waals surface area (Å²) in [6.07, 6.45) is 4.96. The predicted molar refractivity (Wildman–Crippen MR) is 76.7 cm³/mol. The molecule has 0 fully saturated rings. The number of carbonyl (C=O) groups excluding carboxylic acids is 1. The van der Waals surface area contributed by atoms with Gasteiger partial charge in [0.1, 0.15) is 5.60 Å². The number of nitrogens with one attached hydrogen (secondary N) is 1. The lowest BCUT2D eigenvalue weighted by atomic mass is 10.2. The highest BCUT2D eigenvalue weighted by atomic mass is 16.6. The van der Waals surface area contributed by atoms with Gasteiger partial charge in [0.2, 0.25) is 0 Å². The van der Waals surface area contributed by atoms with Crippen LogP contribution in [0.2, 0.25) is 0 Å². The summed E-state index contributed by atoms with van der Waals surface area (Å²) >= 11 is 0. The molecule has 1 heterocycles. The molecule has 1 aromatic rings. The topological polar surface area (TPSA) is 77.2 Å². The fourth-order valence-electron chi connectivity index (χ4n) is 1.31. The standard InChI is InChI=1S/C14H21N3O2/c1-10-12(15)8-11(9-17-10)6-5-7-16-13(18)19-14(2,3)4/h5-6,8-9H,7,15H2,1-4H3,(H,16,18). The average Bonchev–Trinajstić information content (AvgIpc) is 2.27. The molecule has 5 nitrogen and oxygen atoms in total. The number of pyridine rings is 1. The van der Waals surface area contributed by atoms with E-state index in [1.54, 1.807) is 6.20 Å². The van der Waals surface area contributed by atoms with Crippen LogP contribution in [0.5, 0.6) is 0 Å². The molecular weight excluding hydrogens is 242 g/mol. The Morgan fingerprint density at radius 1 is 1.53 bits per heavy atom. The van der Waals surface area contributed by atoms with Crippen molar-refractivity contribution in [3.8, 4) is 0 Å². The van der Waals surface area contributed by atoms with Crippen LogP contribution in [-0.2, 0) is 4.74 Å². The number of hydrogen-bond acceptors (Lipinski definition) is 4. The maximum atomic E-state index is 11.4. The van der Waals surface area contributed by atoms with Crippen LogP contribution in [0.25, 0.3) is 6.08 Å². The van der Waals surface area contributed by atoms with Gasteiger partial charge >= 0.3 is 6.09 Å². The number of anilines is 1. The lowest BCUT2D eigenvalue weighted by Gasteiger charge is -2.19. The lowest BCUT2D eigenvalue weighted by Crippen LogP contribution is -2.32. The summed E-state index contributed by atoms with van der Waals surface area (Å²) in [7, 11) is 0. The Kier molecular flexibility index (Phi) is 4.92. The Morgan fingerprint density at radius 3 is 2.79 bits per heavy atom. The number of nitrogen functional groups attached to an aromatic ring is 1. The van der Waals surface area contributed by atoms with E-state index in [2.05, 4.69) is 10.3 Å². The molecule has 1 amide bonds. The van der Waals surface area contributed by atoms with Crippen molar-refractivity contribution in [3.63, 3.8) is 0 Å². The number of alkyl carbamates (subject to hydrolysis) is 1. The molecule has 5 heteroatoms. The van der Waals surface area contributed by atoms with Gasteiger partial charge in [-0.3, -0.25) is 4.98 Å². The SMILES string of the molecule is Cc1ncc(C=CCNC(=O)OC(C)(C)C)cc1N. The molecular formula is C14H21N3O2. The van der Waals surface area contributed by atoms with E-state index in [0.29, 0.717) is 12.2 Å². The Labute approximate surface area is 113 Å². The van der Waals surface area contributed by atoms with Crippen LogP contribution in [-0.4, -0.2) is 23.2 Å². The first-order valence-corrected chi connectivity index (χ1v) is 6.13. The highest BCUT2D eigenvalue weighted by molar-refractivity contribution is 5.68. The minimum Gasteiger partial charge on any atom is -0.444 e. The zero-order valence-corrected chi connectivity index (χ0v) is 11.9. The maximum absolute atomic E-state index is 11.4. The van der Waals surface area contributed by atoms with Gasteiger partial charge in [-0.1, -0.05) is 12.2 Å². The average molecular weight is 263 g/mol. The van der Waals surface area contributed by atoms with Crippen LogP contribution in [0.15, 0.2) is 18.3 Å². The second kappa shape index (κ2) is 6.22. The third-order valence-corrected chi connectivity index (χ3v) is 2.22. The number of aromatic nitrogens is 1. The summed E-state index contributed by atoms with van der Waals surface area (Å²) in [5.41, 5.74) is 7.63. The van der Waals surface area contributed by atoms with Gasteiger partial charge in [0.05, 0.1) is 11.4 Å². The van der Waals surface area contributed by atoms with E-state index in [4.69, 9.17) is 10.5 Å². The van der Waals surface area contributed by atoms with Crippen molar-refractivity contribution in [1.82, 2.24) is 10.3 Å². The van der Waals surface area contributed by atoms with Crippen LogP contribution < -0.4 is 11.1 Å². The minimum absolute atomic E-state index is 0.392. The van der Waals surface area contributed by atoms with Crippen molar-refractivity contribution >= 4 is 17.9 Å². The van der Waals surface area contributed by atoms with Crippen molar-refractivity contribution < 1.29 is 9.53 Å². The molecule has 0 aliphatic carbocycles. The molecule has 0 radical (unpaired) electrons. The fourth-order valence-corrected chi connectivity index (χ4v) is 1.31. The smallest absolute Gasteiger partial charge is 0.407 e. The molecule has 0 bridgehead atoms. The number of hydrogen-bond donors (Lipinski definition) is 2. The number of nitrogens with two attached hydrogens (primary N) is 1. The Bertz CT molecular complexity index is 476. The normalized spacial score (nSPS) is 11.6. The molecule has 0 saturated heterocycles. The highest BCUT2D eigenvalue weighted by Crippen LogP contribution is 2.10. The predicted octanol–water partition coefficient (Wildman–Crippen LogP) is 2.51. The van der Waals surface area contributed by atoms with Gasteiger partial charge in [0.25, 0.3) is 0 Å². The molecule has 0 aliphatic heterocycles. The summed E-state index contributed by atoms with van der Waals surface area (Å²) in [5.74, 6) is 0. The zero-order valence-electron chi connectivity index (χ0n) is 11.9. The van der Waals surface area contributed by atoms with Gasteiger partial charge in [-0.15, -0.1) is 0 Å². The van der Waals surface area contributed by atoms with Crippen LogP contribution in [0.3, 0.4) is 0 Å². The van der Waals surface area contributed by atoms with E-state index >= 15 is 0 Å². The molecule has 1 rings (SSSR count). The van der Waals surface area contributed by atoms with Crippen molar-refractivity contribution in [2.45, 2.75) is 33.3 Å². The van der Waals surface area contributed by atoms with E-state index in [-0.39, 0.29) is 0 Å². The van der Waals surface area contributed by atoms with Crippen LogP contribution in [0.1, 0.15) is 32.0 Å². The molecule has 19 heavy (non-hydrogen) atoms. The van der Waals surface area contributed by atoms with E-state index in [0.717, 1.165) is 11.3 Å². The van der Waals surface area contributed by atoms with Gasteiger partial charge in [-0.2, -0.15) is 0 Å². The number of ether oxygens (including phenoxy) is 1. The third kappa shape index (κ3) is 5.90. The lowest BCUT2D eigenvalue weighted by molar-refractivity contribution is 0.0534. The molecule has 0 atom stereocenters. The van der Waals surface area contributed by atoms with E-state index in [1.165, 1.54) is 0 Å². The first kappa shape index (κ1) is 15.0. The van der Waals surface area contributed by atoms with Crippen LogP contribution in [0.4, 0.5) is 10.5 Å². The van der Waals surface area contributed by atoms with E-state index < -0.39 is 11.7 Å². The Hall–Kier alpha value is -2.04. The largest absolute Gasteiger partial charge is 0.444 e.